The van der Waals surface area contributed by atoms with Gasteiger partial charge in [-0.1, -0.05) is 24.3 Å². The molecule has 0 spiro atoms. The number of halogens is 6. The number of hydrogen-bond donors (Lipinski definition) is 0. The fraction of sp³-hybridized carbons (Fsp3) is 0.0741. The van der Waals surface area contributed by atoms with Crippen LogP contribution in [0, 0.1) is 0 Å². The van der Waals surface area contributed by atoms with Crippen molar-refractivity contribution >= 4 is 17.1 Å². The molecule has 0 amide bonds. The number of benzene rings is 2. The van der Waals surface area contributed by atoms with Crippen molar-refractivity contribution in [2.75, 3.05) is 0 Å². The minimum absolute atomic E-state index is 0.0370. The maximum absolute atomic E-state index is 13.6. The highest BCUT2D eigenvalue weighted by molar-refractivity contribution is 6.15. The summed E-state index contributed by atoms with van der Waals surface area (Å²) in [7, 11) is 0. The van der Waals surface area contributed by atoms with Gasteiger partial charge in [0, 0.05) is 23.5 Å². The largest absolute Gasteiger partial charge is 0.416 e. The Labute approximate surface area is 220 Å². The molecule has 0 aliphatic carbocycles. The number of fused-ring (bicyclic) bond motifs is 2. The van der Waals surface area contributed by atoms with E-state index in [2.05, 4.69) is 20.2 Å². The van der Waals surface area contributed by atoms with Gasteiger partial charge in [-0.3, -0.25) is 4.79 Å². The number of carbonyl (C=O) groups is 1. The average molecular weight is 552 g/mol. The lowest BCUT2D eigenvalue weighted by Gasteiger charge is -2.10. The second-order valence-electron chi connectivity index (χ2n) is 8.73. The first-order valence-electron chi connectivity index (χ1n) is 11.6. The summed E-state index contributed by atoms with van der Waals surface area (Å²) in [6.45, 7) is 0. The number of ketones is 1. The number of carbonyl (C=O) groups excluding carboxylic acids is 1. The van der Waals surface area contributed by atoms with Crippen LogP contribution in [0.25, 0.3) is 33.8 Å². The van der Waals surface area contributed by atoms with Gasteiger partial charge in [-0.05, 0) is 36.4 Å². The first-order chi connectivity index (χ1) is 19.0. The summed E-state index contributed by atoms with van der Waals surface area (Å²) in [5.41, 5.74) is -0.438. The maximum atomic E-state index is 13.6. The summed E-state index contributed by atoms with van der Waals surface area (Å²) in [4.78, 5) is 22.0. The van der Waals surface area contributed by atoms with Crippen LogP contribution in [0.15, 0.2) is 85.5 Å². The second kappa shape index (κ2) is 9.00. The molecule has 4 heterocycles. The van der Waals surface area contributed by atoms with Gasteiger partial charge in [0.15, 0.2) is 11.3 Å². The van der Waals surface area contributed by atoms with Gasteiger partial charge in [-0.2, -0.15) is 36.5 Å². The standard InChI is InChI=1S/C27H14F6N6O/c28-26(29,30)17-5-1-3-15(11-17)21-7-9-34-24-19(13-36-38(21)24)23(40)20-14-37-39-22(8-10-35-25(20)39)16-4-2-6-18(12-16)27(31,32)33/h1-14H. The molecule has 4 aromatic heterocycles. The normalized spacial score (nSPS) is 12.3. The van der Waals surface area contributed by atoms with Crippen LogP contribution >= 0.6 is 0 Å². The molecule has 0 unspecified atom stereocenters. The molecule has 0 bridgehead atoms. The molecule has 0 atom stereocenters. The summed E-state index contributed by atoms with van der Waals surface area (Å²) in [5.74, 6) is -0.576. The fourth-order valence-corrected chi connectivity index (χ4v) is 4.40. The molecule has 0 fully saturated rings. The Hall–Kier alpha value is -5.07. The van der Waals surface area contributed by atoms with Crippen molar-refractivity contribution in [3.05, 3.63) is 108 Å². The first kappa shape index (κ1) is 25.2. The average Bonchev–Trinajstić information content (AvgIpc) is 3.57. The number of alkyl halides is 6. The molecule has 2 aromatic carbocycles. The van der Waals surface area contributed by atoms with Gasteiger partial charge in [0.2, 0.25) is 5.78 Å². The third-order valence-corrected chi connectivity index (χ3v) is 6.26. The van der Waals surface area contributed by atoms with Crippen molar-refractivity contribution in [2.45, 2.75) is 12.4 Å². The van der Waals surface area contributed by atoms with Crippen LogP contribution in [-0.2, 0) is 12.4 Å². The monoisotopic (exact) mass is 552 g/mol. The van der Waals surface area contributed by atoms with Crippen LogP contribution in [0.3, 0.4) is 0 Å². The molecule has 6 rings (SSSR count). The molecule has 0 N–H and O–H groups in total. The zero-order chi connectivity index (χ0) is 28.2. The summed E-state index contributed by atoms with van der Waals surface area (Å²) >= 11 is 0. The predicted molar refractivity (Wildman–Crippen MR) is 130 cm³/mol. The fourth-order valence-electron chi connectivity index (χ4n) is 4.40. The molecule has 7 nitrogen and oxygen atoms in total. The highest BCUT2D eigenvalue weighted by atomic mass is 19.4. The minimum atomic E-state index is -4.54. The molecular formula is C27H14F6N6O. The SMILES string of the molecule is O=C(c1cnn2c(-c3cccc(C(F)(F)F)c3)ccnc12)c1cnn2c(-c3cccc(C(F)(F)F)c3)ccnc12. The minimum Gasteiger partial charge on any atom is -0.288 e. The Morgan fingerprint density at radius 3 is 1.45 bits per heavy atom. The number of hydrogen-bond acceptors (Lipinski definition) is 5. The third-order valence-electron chi connectivity index (χ3n) is 6.26. The molecule has 0 aliphatic heterocycles. The highest BCUT2D eigenvalue weighted by Gasteiger charge is 2.32. The molecular weight excluding hydrogens is 538 g/mol. The molecule has 200 valence electrons. The Balaban J connectivity index is 1.42. The summed E-state index contributed by atoms with van der Waals surface area (Å²) < 4.78 is 82.1. The van der Waals surface area contributed by atoms with Crippen molar-refractivity contribution in [3.8, 4) is 22.5 Å². The van der Waals surface area contributed by atoms with Crippen molar-refractivity contribution in [1.29, 1.82) is 0 Å². The van der Waals surface area contributed by atoms with Crippen molar-refractivity contribution in [3.63, 3.8) is 0 Å². The van der Waals surface area contributed by atoms with Crippen molar-refractivity contribution in [1.82, 2.24) is 29.2 Å². The molecule has 13 heteroatoms. The Morgan fingerprint density at radius 1 is 0.625 bits per heavy atom. The molecule has 0 saturated carbocycles. The lowest BCUT2D eigenvalue weighted by atomic mass is 10.1. The molecule has 0 aliphatic rings. The molecule has 0 radical (unpaired) electrons. The van der Waals surface area contributed by atoms with Crippen LogP contribution in [-0.4, -0.2) is 35.0 Å². The van der Waals surface area contributed by atoms with Crippen LogP contribution in [0.4, 0.5) is 26.3 Å². The maximum Gasteiger partial charge on any atom is 0.416 e. The van der Waals surface area contributed by atoms with Crippen LogP contribution in [0.2, 0.25) is 0 Å². The highest BCUT2D eigenvalue weighted by Crippen LogP contribution is 2.34. The van der Waals surface area contributed by atoms with E-state index in [1.54, 1.807) is 0 Å². The first-order valence-corrected chi connectivity index (χ1v) is 11.6. The van der Waals surface area contributed by atoms with Crippen molar-refractivity contribution in [2.24, 2.45) is 0 Å². The van der Waals surface area contributed by atoms with Gasteiger partial charge in [0.1, 0.15) is 0 Å². The van der Waals surface area contributed by atoms with Gasteiger partial charge in [0.05, 0.1) is 46.0 Å². The molecule has 40 heavy (non-hydrogen) atoms. The molecule has 6 aromatic rings. The van der Waals surface area contributed by atoms with E-state index in [0.29, 0.717) is 0 Å². The topological polar surface area (TPSA) is 77.5 Å². The second-order valence-corrected chi connectivity index (χ2v) is 8.73. The van der Waals surface area contributed by atoms with Crippen LogP contribution in [0.1, 0.15) is 27.0 Å². The Kier molecular flexibility index (Phi) is 5.68. The number of rotatable bonds is 4. The van der Waals surface area contributed by atoms with E-state index in [1.165, 1.54) is 70.2 Å². The number of nitrogens with zero attached hydrogens (tertiary/aromatic N) is 6. The smallest absolute Gasteiger partial charge is 0.288 e. The van der Waals surface area contributed by atoms with E-state index in [1.807, 2.05) is 0 Å². The van der Waals surface area contributed by atoms with Crippen LogP contribution in [0.5, 0.6) is 0 Å². The van der Waals surface area contributed by atoms with Gasteiger partial charge in [-0.25, -0.2) is 19.0 Å². The number of aromatic nitrogens is 6. The van der Waals surface area contributed by atoms with Gasteiger partial charge in [0.25, 0.3) is 0 Å². The van der Waals surface area contributed by atoms with E-state index in [4.69, 9.17) is 0 Å². The van der Waals surface area contributed by atoms with E-state index in [9.17, 15) is 31.1 Å². The van der Waals surface area contributed by atoms with Crippen molar-refractivity contribution < 1.29 is 31.1 Å². The van der Waals surface area contributed by atoms with E-state index in [-0.39, 0.29) is 44.9 Å². The van der Waals surface area contributed by atoms with Gasteiger partial charge < -0.3 is 0 Å². The quantitative estimate of drug-likeness (QED) is 0.188. The van der Waals surface area contributed by atoms with E-state index >= 15 is 0 Å². The van der Waals surface area contributed by atoms with E-state index in [0.717, 1.165) is 24.3 Å². The Bertz CT molecular complexity index is 1780. The lowest BCUT2D eigenvalue weighted by Crippen LogP contribution is -2.06. The zero-order valence-corrected chi connectivity index (χ0v) is 19.9. The lowest BCUT2D eigenvalue weighted by molar-refractivity contribution is -0.138. The van der Waals surface area contributed by atoms with Gasteiger partial charge >= 0.3 is 12.4 Å². The van der Waals surface area contributed by atoms with E-state index < -0.39 is 29.3 Å². The van der Waals surface area contributed by atoms with Crippen LogP contribution < -0.4 is 0 Å². The third kappa shape index (κ3) is 4.25. The summed E-state index contributed by atoms with van der Waals surface area (Å²) in [6.07, 6.45) is -3.91. The molecule has 0 saturated heterocycles. The summed E-state index contributed by atoms with van der Waals surface area (Å²) in [6, 6.07) is 12.3. The Morgan fingerprint density at radius 2 is 1.05 bits per heavy atom. The predicted octanol–water partition coefficient (Wildman–Crippen LogP) is 6.37. The summed E-state index contributed by atoms with van der Waals surface area (Å²) in [5, 5.41) is 8.39. The zero-order valence-electron chi connectivity index (χ0n) is 19.9. The van der Waals surface area contributed by atoms with Gasteiger partial charge in [-0.15, -0.1) is 0 Å².